The third-order valence-electron chi connectivity index (χ3n) is 3.33. The Hall–Kier alpha value is -1.40. The molecule has 0 saturated heterocycles. The topological polar surface area (TPSA) is 84.2 Å². The molecule has 1 rings (SSSR count). The first-order chi connectivity index (χ1) is 9.81. The maximum atomic E-state index is 11.9. The lowest BCUT2D eigenvalue weighted by Gasteiger charge is -2.15. The predicted octanol–water partition coefficient (Wildman–Crippen LogP) is 2.19. The molecule has 1 aromatic rings. The van der Waals surface area contributed by atoms with E-state index in [2.05, 4.69) is 26.6 Å². The van der Waals surface area contributed by atoms with Crippen molar-refractivity contribution in [3.05, 3.63) is 28.2 Å². The quantitative estimate of drug-likeness (QED) is 0.731. The van der Waals surface area contributed by atoms with Gasteiger partial charge in [0, 0.05) is 35.1 Å². The number of aryl methyl sites for hydroxylation is 1. The molecule has 1 aromatic carbocycles. The highest BCUT2D eigenvalue weighted by atomic mass is 79.9. The SMILES string of the molecule is Cc1ccc(Br)cc1NC(=O)CCNC(=O)C(C)C(C)N. The zero-order chi connectivity index (χ0) is 16.0. The van der Waals surface area contributed by atoms with Crippen LogP contribution < -0.4 is 16.4 Å². The fourth-order valence-corrected chi connectivity index (χ4v) is 2.00. The van der Waals surface area contributed by atoms with Crippen LogP contribution >= 0.6 is 15.9 Å². The Labute approximate surface area is 133 Å². The number of benzene rings is 1. The van der Waals surface area contributed by atoms with Crippen LogP contribution in [0.5, 0.6) is 0 Å². The Kier molecular flexibility index (Phi) is 6.84. The molecule has 21 heavy (non-hydrogen) atoms. The van der Waals surface area contributed by atoms with E-state index in [1.807, 2.05) is 25.1 Å². The number of nitrogens with one attached hydrogen (secondary N) is 2. The van der Waals surface area contributed by atoms with Gasteiger partial charge in [-0.3, -0.25) is 9.59 Å². The van der Waals surface area contributed by atoms with Gasteiger partial charge in [-0.15, -0.1) is 0 Å². The van der Waals surface area contributed by atoms with Gasteiger partial charge in [0.1, 0.15) is 0 Å². The number of rotatable bonds is 6. The largest absolute Gasteiger partial charge is 0.355 e. The molecule has 0 radical (unpaired) electrons. The molecule has 0 heterocycles. The van der Waals surface area contributed by atoms with Crippen molar-refractivity contribution in [1.82, 2.24) is 5.32 Å². The summed E-state index contributed by atoms with van der Waals surface area (Å²) >= 11 is 3.37. The van der Waals surface area contributed by atoms with Gasteiger partial charge in [-0.25, -0.2) is 0 Å². The number of carbonyl (C=O) groups excluding carboxylic acids is 2. The van der Waals surface area contributed by atoms with Gasteiger partial charge >= 0.3 is 0 Å². The van der Waals surface area contributed by atoms with Crippen LogP contribution in [0.2, 0.25) is 0 Å². The van der Waals surface area contributed by atoms with Crippen molar-refractivity contribution < 1.29 is 9.59 Å². The van der Waals surface area contributed by atoms with Crippen LogP contribution in [0.15, 0.2) is 22.7 Å². The van der Waals surface area contributed by atoms with E-state index in [9.17, 15) is 9.59 Å². The molecule has 6 heteroatoms. The summed E-state index contributed by atoms with van der Waals surface area (Å²) in [7, 11) is 0. The van der Waals surface area contributed by atoms with E-state index in [0.29, 0.717) is 6.54 Å². The van der Waals surface area contributed by atoms with Crippen molar-refractivity contribution in [2.75, 3.05) is 11.9 Å². The average molecular weight is 356 g/mol. The first-order valence-corrected chi connectivity index (χ1v) is 7.70. The number of hydrogen-bond acceptors (Lipinski definition) is 3. The minimum atomic E-state index is -0.264. The van der Waals surface area contributed by atoms with Crippen LogP contribution in [0.1, 0.15) is 25.8 Å². The van der Waals surface area contributed by atoms with Crippen molar-refractivity contribution in [2.24, 2.45) is 11.7 Å². The molecule has 2 unspecified atom stereocenters. The molecule has 2 atom stereocenters. The number of nitrogens with two attached hydrogens (primary N) is 1. The minimum Gasteiger partial charge on any atom is -0.355 e. The van der Waals surface area contributed by atoms with E-state index >= 15 is 0 Å². The number of hydrogen-bond donors (Lipinski definition) is 3. The monoisotopic (exact) mass is 355 g/mol. The maximum absolute atomic E-state index is 11.9. The lowest BCUT2D eigenvalue weighted by Crippen LogP contribution is -2.39. The van der Waals surface area contributed by atoms with E-state index in [1.165, 1.54) is 0 Å². The van der Waals surface area contributed by atoms with E-state index in [0.717, 1.165) is 15.7 Å². The van der Waals surface area contributed by atoms with E-state index in [1.54, 1.807) is 13.8 Å². The van der Waals surface area contributed by atoms with Crippen LogP contribution in [0.3, 0.4) is 0 Å². The second-order valence-corrected chi connectivity index (χ2v) is 6.11. The number of carbonyl (C=O) groups is 2. The molecular weight excluding hydrogens is 334 g/mol. The zero-order valence-electron chi connectivity index (χ0n) is 12.6. The Morgan fingerprint density at radius 2 is 2.00 bits per heavy atom. The van der Waals surface area contributed by atoms with Crippen LogP contribution in [0.4, 0.5) is 5.69 Å². The summed E-state index contributed by atoms with van der Waals surface area (Å²) in [5.74, 6) is -0.526. The molecule has 0 saturated carbocycles. The van der Waals surface area contributed by atoms with Crippen LogP contribution in [-0.4, -0.2) is 24.4 Å². The zero-order valence-corrected chi connectivity index (χ0v) is 14.2. The maximum Gasteiger partial charge on any atom is 0.226 e. The molecule has 2 amide bonds. The van der Waals surface area contributed by atoms with Gasteiger partial charge in [-0.05, 0) is 31.5 Å². The molecule has 0 aliphatic carbocycles. The highest BCUT2D eigenvalue weighted by molar-refractivity contribution is 9.10. The summed E-state index contributed by atoms with van der Waals surface area (Å²) in [6, 6.07) is 5.49. The normalized spacial score (nSPS) is 13.4. The number of halogens is 1. The fourth-order valence-electron chi connectivity index (χ4n) is 1.64. The lowest BCUT2D eigenvalue weighted by molar-refractivity contribution is -0.125. The molecule has 4 N–H and O–H groups in total. The Morgan fingerprint density at radius 3 is 2.62 bits per heavy atom. The summed E-state index contributed by atoms with van der Waals surface area (Å²) in [5.41, 5.74) is 7.41. The molecular formula is C15H22BrN3O2. The Bertz CT molecular complexity index is 518. The highest BCUT2D eigenvalue weighted by Gasteiger charge is 2.16. The van der Waals surface area contributed by atoms with Crippen molar-refractivity contribution in [3.8, 4) is 0 Å². The summed E-state index contributed by atoms with van der Waals surface area (Å²) in [6.07, 6.45) is 0.226. The first-order valence-electron chi connectivity index (χ1n) is 6.90. The summed E-state index contributed by atoms with van der Waals surface area (Å²) < 4.78 is 0.905. The third-order valence-corrected chi connectivity index (χ3v) is 3.82. The van der Waals surface area contributed by atoms with Gasteiger partial charge in [0.05, 0.1) is 0 Å². The van der Waals surface area contributed by atoms with Crippen LogP contribution in [0, 0.1) is 12.8 Å². The van der Waals surface area contributed by atoms with Crippen LogP contribution in [0.25, 0.3) is 0 Å². The highest BCUT2D eigenvalue weighted by Crippen LogP contribution is 2.20. The molecule has 0 bridgehead atoms. The van der Waals surface area contributed by atoms with E-state index in [4.69, 9.17) is 5.73 Å². The standard InChI is InChI=1S/C15H22BrN3O2/c1-9-4-5-12(16)8-13(9)19-14(20)6-7-18-15(21)10(2)11(3)17/h4-5,8,10-11H,6-7,17H2,1-3H3,(H,18,21)(H,19,20). The predicted molar refractivity (Wildman–Crippen MR) is 87.9 cm³/mol. The van der Waals surface area contributed by atoms with Crippen molar-refractivity contribution >= 4 is 33.4 Å². The molecule has 0 aromatic heterocycles. The Balaban J connectivity index is 2.41. The minimum absolute atomic E-state index is 0.128. The fraction of sp³-hybridized carbons (Fsp3) is 0.467. The molecule has 0 fully saturated rings. The smallest absolute Gasteiger partial charge is 0.226 e. The second-order valence-electron chi connectivity index (χ2n) is 5.20. The number of anilines is 1. The van der Waals surface area contributed by atoms with Gasteiger partial charge < -0.3 is 16.4 Å². The van der Waals surface area contributed by atoms with Gasteiger partial charge in [0.25, 0.3) is 0 Å². The average Bonchev–Trinajstić information content (AvgIpc) is 2.41. The van der Waals surface area contributed by atoms with Crippen molar-refractivity contribution in [3.63, 3.8) is 0 Å². The summed E-state index contributed by atoms with van der Waals surface area (Å²) in [6.45, 7) is 5.78. The third kappa shape index (κ3) is 5.85. The summed E-state index contributed by atoms with van der Waals surface area (Å²) in [5, 5.41) is 5.55. The van der Waals surface area contributed by atoms with Gasteiger partial charge in [0.15, 0.2) is 0 Å². The van der Waals surface area contributed by atoms with Crippen LogP contribution in [-0.2, 0) is 9.59 Å². The van der Waals surface area contributed by atoms with Crippen molar-refractivity contribution in [2.45, 2.75) is 33.2 Å². The lowest BCUT2D eigenvalue weighted by atomic mass is 10.0. The first kappa shape index (κ1) is 17.7. The molecule has 0 aliphatic rings. The molecule has 5 nitrogen and oxygen atoms in total. The van der Waals surface area contributed by atoms with Gasteiger partial charge in [-0.1, -0.05) is 28.9 Å². The molecule has 0 aliphatic heterocycles. The van der Waals surface area contributed by atoms with Crippen molar-refractivity contribution in [1.29, 1.82) is 0 Å². The Morgan fingerprint density at radius 1 is 1.33 bits per heavy atom. The summed E-state index contributed by atoms with van der Waals surface area (Å²) in [4.78, 5) is 23.6. The van der Waals surface area contributed by atoms with Gasteiger partial charge in [-0.2, -0.15) is 0 Å². The second kappa shape index (κ2) is 8.14. The molecule has 0 spiro atoms. The van der Waals surface area contributed by atoms with Gasteiger partial charge in [0.2, 0.25) is 11.8 Å². The molecule has 116 valence electrons. The van der Waals surface area contributed by atoms with E-state index in [-0.39, 0.29) is 30.2 Å². The van der Waals surface area contributed by atoms with E-state index < -0.39 is 0 Å². The number of amides is 2.